The second kappa shape index (κ2) is 7.50. The maximum absolute atomic E-state index is 12.1. The summed E-state index contributed by atoms with van der Waals surface area (Å²) in [6, 6.07) is 0.0270. The fourth-order valence-corrected chi connectivity index (χ4v) is 3.14. The Bertz CT molecular complexity index is 332. The van der Waals surface area contributed by atoms with Gasteiger partial charge in [0.15, 0.2) is 0 Å². The van der Waals surface area contributed by atoms with Crippen LogP contribution in [0.1, 0.15) is 45.4 Å². The van der Waals surface area contributed by atoms with Gasteiger partial charge in [-0.05, 0) is 38.5 Å². The summed E-state index contributed by atoms with van der Waals surface area (Å²) >= 11 is 0. The van der Waals surface area contributed by atoms with E-state index in [4.69, 9.17) is 4.74 Å². The van der Waals surface area contributed by atoms with E-state index >= 15 is 0 Å². The Morgan fingerprint density at radius 2 is 1.80 bits per heavy atom. The van der Waals surface area contributed by atoms with Crippen LogP contribution in [0, 0.1) is 11.8 Å². The van der Waals surface area contributed by atoms with Gasteiger partial charge >= 0.3 is 12.0 Å². The fourth-order valence-electron chi connectivity index (χ4n) is 3.14. The van der Waals surface area contributed by atoms with Crippen LogP contribution >= 0.6 is 0 Å². The molecule has 0 aromatic carbocycles. The topological polar surface area (TPSA) is 58.6 Å². The van der Waals surface area contributed by atoms with Gasteiger partial charge in [0.1, 0.15) is 0 Å². The van der Waals surface area contributed by atoms with Crippen LogP contribution in [0.25, 0.3) is 0 Å². The van der Waals surface area contributed by atoms with Gasteiger partial charge in [0.25, 0.3) is 0 Å². The van der Waals surface area contributed by atoms with E-state index in [9.17, 15) is 9.59 Å². The minimum Gasteiger partial charge on any atom is -0.466 e. The van der Waals surface area contributed by atoms with Gasteiger partial charge < -0.3 is 15.0 Å². The molecule has 1 N–H and O–H groups in total. The SMILES string of the molecule is CCOC(=O)C1CCN(C(=O)NCC2CCCC2)CC1. The van der Waals surface area contributed by atoms with E-state index in [0.717, 1.165) is 19.4 Å². The summed E-state index contributed by atoms with van der Waals surface area (Å²) in [5, 5.41) is 3.03. The first kappa shape index (κ1) is 15.1. The van der Waals surface area contributed by atoms with Gasteiger partial charge in [-0.15, -0.1) is 0 Å². The maximum atomic E-state index is 12.1. The molecule has 2 fully saturated rings. The molecule has 5 nitrogen and oxygen atoms in total. The van der Waals surface area contributed by atoms with Crippen molar-refractivity contribution in [3.63, 3.8) is 0 Å². The number of amides is 2. The number of ether oxygens (including phenoxy) is 1. The normalized spacial score (nSPS) is 20.9. The Labute approximate surface area is 121 Å². The van der Waals surface area contributed by atoms with E-state index in [0.29, 0.717) is 25.6 Å². The lowest BCUT2D eigenvalue weighted by atomic mass is 9.97. The van der Waals surface area contributed by atoms with E-state index in [1.54, 1.807) is 0 Å². The minimum atomic E-state index is -0.112. The van der Waals surface area contributed by atoms with E-state index in [1.807, 2.05) is 11.8 Å². The predicted molar refractivity (Wildman–Crippen MR) is 76.3 cm³/mol. The number of hydrogen-bond acceptors (Lipinski definition) is 3. The van der Waals surface area contributed by atoms with Crippen LogP contribution in [-0.2, 0) is 9.53 Å². The molecule has 20 heavy (non-hydrogen) atoms. The molecule has 0 aromatic heterocycles. The van der Waals surface area contributed by atoms with E-state index < -0.39 is 0 Å². The summed E-state index contributed by atoms with van der Waals surface area (Å²) < 4.78 is 5.03. The highest BCUT2D eigenvalue weighted by atomic mass is 16.5. The number of hydrogen-bond donors (Lipinski definition) is 1. The molecule has 0 spiro atoms. The Morgan fingerprint density at radius 1 is 1.15 bits per heavy atom. The number of likely N-dealkylation sites (tertiary alicyclic amines) is 1. The summed E-state index contributed by atoms with van der Waals surface area (Å²) in [7, 11) is 0. The van der Waals surface area contributed by atoms with Gasteiger partial charge in [0.2, 0.25) is 0 Å². The van der Waals surface area contributed by atoms with Crippen LogP contribution in [-0.4, -0.2) is 43.1 Å². The smallest absolute Gasteiger partial charge is 0.317 e. The molecule has 0 bridgehead atoms. The molecule has 0 atom stereocenters. The zero-order chi connectivity index (χ0) is 14.4. The van der Waals surface area contributed by atoms with Crippen molar-refractivity contribution in [1.82, 2.24) is 10.2 Å². The Balaban J connectivity index is 1.67. The van der Waals surface area contributed by atoms with Gasteiger partial charge in [-0.25, -0.2) is 4.79 Å². The number of piperidine rings is 1. The molecular weight excluding hydrogens is 256 g/mol. The number of esters is 1. The van der Waals surface area contributed by atoms with Crippen molar-refractivity contribution >= 4 is 12.0 Å². The number of carbonyl (C=O) groups is 2. The summed E-state index contributed by atoms with van der Waals surface area (Å²) in [5.74, 6) is 0.517. The average molecular weight is 282 g/mol. The van der Waals surface area contributed by atoms with Crippen molar-refractivity contribution in [2.75, 3.05) is 26.2 Å². The lowest BCUT2D eigenvalue weighted by molar-refractivity contribution is -0.149. The number of nitrogens with zero attached hydrogens (tertiary/aromatic N) is 1. The molecule has 1 saturated heterocycles. The number of rotatable bonds is 4. The van der Waals surface area contributed by atoms with Gasteiger partial charge in [-0.1, -0.05) is 12.8 Å². The Morgan fingerprint density at radius 3 is 2.40 bits per heavy atom. The second-order valence-electron chi connectivity index (χ2n) is 5.85. The van der Waals surface area contributed by atoms with Crippen LogP contribution in [0.5, 0.6) is 0 Å². The molecular formula is C15H26N2O3. The van der Waals surface area contributed by atoms with Gasteiger partial charge in [-0.3, -0.25) is 4.79 Å². The molecule has 5 heteroatoms. The zero-order valence-corrected chi connectivity index (χ0v) is 12.4. The zero-order valence-electron chi connectivity index (χ0n) is 12.4. The highest BCUT2D eigenvalue weighted by Gasteiger charge is 2.28. The van der Waals surface area contributed by atoms with Crippen LogP contribution in [0.2, 0.25) is 0 Å². The largest absolute Gasteiger partial charge is 0.466 e. The Kier molecular flexibility index (Phi) is 5.68. The highest BCUT2D eigenvalue weighted by Crippen LogP contribution is 2.24. The molecule has 2 rings (SSSR count). The van der Waals surface area contributed by atoms with Crippen LogP contribution < -0.4 is 5.32 Å². The maximum Gasteiger partial charge on any atom is 0.317 e. The minimum absolute atomic E-state index is 0.0270. The van der Waals surface area contributed by atoms with Crippen LogP contribution in [0.4, 0.5) is 4.79 Å². The number of nitrogens with one attached hydrogen (secondary N) is 1. The van der Waals surface area contributed by atoms with E-state index in [1.165, 1.54) is 25.7 Å². The van der Waals surface area contributed by atoms with Gasteiger partial charge in [0, 0.05) is 19.6 Å². The first-order valence-corrected chi connectivity index (χ1v) is 7.90. The molecule has 0 aromatic rings. The monoisotopic (exact) mass is 282 g/mol. The third kappa shape index (κ3) is 4.12. The highest BCUT2D eigenvalue weighted by molar-refractivity contribution is 5.76. The average Bonchev–Trinajstić information content (AvgIpc) is 2.98. The molecule has 0 unspecified atom stereocenters. The molecule has 114 valence electrons. The predicted octanol–water partition coefficient (Wildman–Crippen LogP) is 2.16. The summed E-state index contributed by atoms with van der Waals surface area (Å²) in [4.78, 5) is 25.5. The van der Waals surface area contributed by atoms with Crippen molar-refractivity contribution < 1.29 is 14.3 Å². The van der Waals surface area contributed by atoms with Crippen molar-refractivity contribution in [2.45, 2.75) is 45.4 Å². The molecule has 1 aliphatic heterocycles. The van der Waals surface area contributed by atoms with Crippen LogP contribution in [0.3, 0.4) is 0 Å². The lowest BCUT2D eigenvalue weighted by Crippen LogP contribution is -2.46. The molecule has 1 saturated carbocycles. The lowest BCUT2D eigenvalue weighted by Gasteiger charge is -2.31. The first-order valence-electron chi connectivity index (χ1n) is 7.90. The molecule has 2 aliphatic rings. The molecule has 1 heterocycles. The van der Waals surface area contributed by atoms with Crippen molar-refractivity contribution in [3.05, 3.63) is 0 Å². The van der Waals surface area contributed by atoms with E-state index in [2.05, 4.69) is 5.32 Å². The fraction of sp³-hybridized carbons (Fsp3) is 0.867. The number of urea groups is 1. The van der Waals surface area contributed by atoms with Crippen molar-refractivity contribution in [3.8, 4) is 0 Å². The first-order chi connectivity index (χ1) is 9.70. The Hall–Kier alpha value is -1.26. The van der Waals surface area contributed by atoms with Crippen molar-refractivity contribution in [1.29, 1.82) is 0 Å². The second-order valence-corrected chi connectivity index (χ2v) is 5.85. The van der Waals surface area contributed by atoms with Gasteiger partial charge in [0.05, 0.1) is 12.5 Å². The van der Waals surface area contributed by atoms with E-state index in [-0.39, 0.29) is 17.9 Å². The van der Waals surface area contributed by atoms with Crippen LogP contribution in [0.15, 0.2) is 0 Å². The quantitative estimate of drug-likeness (QED) is 0.804. The summed E-state index contributed by atoms with van der Waals surface area (Å²) in [6.07, 6.45) is 6.51. The summed E-state index contributed by atoms with van der Waals surface area (Å²) in [5.41, 5.74) is 0. The van der Waals surface area contributed by atoms with Gasteiger partial charge in [-0.2, -0.15) is 0 Å². The summed E-state index contributed by atoms with van der Waals surface area (Å²) in [6.45, 7) is 4.36. The molecule has 0 radical (unpaired) electrons. The third-order valence-corrected chi connectivity index (χ3v) is 4.42. The van der Waals surface area contributed by atoms with Crippen molar-refractivity contribution in [2.24, 2.45) is 11.8 Å². The molecule has 2 amide bonds. The third-order valence-electron chi connectivity index (χ3n) is 4.42. The number of carbonyl (C=O) groups excluding carboxylic acids is 2. The standard InChI is InChI=1S/C15H26N2O3/c1-2-20-14(18)13-7-9-17(10-8-13)15(19)16-11-12-5-3-4-6-12/h12-13H,2-11H2,1H3,(H,16,19). The molecule has 1 aliphatic carbocycles.